The summed E-state index contributed by atoms with van der Waals surface area (Å²) in [5.74, 6) is 0.485. The summed E-state index contributed by atoms with van der Waals surface area (Å²) in [6.07, 6.45) is 3.86. The number of aromatic nitrogens is 3. The molecule has 1 aromatic heterocycles. The van der Waals surface area contributed by atoms with Crippen molar-refractivity contribution in [3.63, 3.8) is 0 Å². The SMILES string of the molecule is CCCCOc1ccc(-c2nnc(CCC(=O)N3CCC[C@H](C(=O)OCC)C3)c(=O)[nH]2)cc1. The summed E-state index contributed by atoms with van der Waals surface area (Å²) >= 11 is 0. The number of hydrogen-bond acceptors (Lipinski definition) is 7. The standard InChI is InChI=1S/C24H32N4O5/c1-3-5-15-33-19-10-8-17(9-11-19)22-25-23(30)20(26-27-22)12-13-21(29)28-14-6-7-18(16-28)24(31)32-4-2/h8-11,18H,3-7,12-16H2,1-2H3,(H,25,27,30)/t18-/m0/s1. The van der Waals surface area contributed by atoms with Crippen molar-refractivity contribution < 1.29 is 19.1 Å². The molecule has 0 aliphatic carbocycles. The number of unbranched alkanes of at least 4 members (excludes halogenated alkanes) is 1. The van der Waals surface area contributed by atoms with Crippen LogP contribution in [-0.4, -0.2) is 58.3 Å². The van der Waals surface area contributed by atoms with Gasteiger partial charge in [0.2, 0.25) is 5.91 Å². The first kappa shape index (κ1) is 24.4. The Morgan fingerprint density at radius 1 is 1.18 bits per heavy atom. The van der Waals surface area contributed by atoms with Gasteiger partial charge in [-0.2, -0.15) is 0 Å². The average Bonchev–Trinajstić information content (AvgIpc) is 2.84. The summed E-state index contributed by atoms with van der Waals surface area (Å²) < 4.78 is 10.7. The molecule has 1 N–H and O–H groups in total. The molecule has 1 fully saturated rings. The molecule has 178 valence electrons. The molecule has 1 saturated heterocycles. The summed E-state index contributed by atoms with van der Waals surface area (Å²) in [5.41, 5.74) is 0.577. The largest absolute Gasteiger partial charge is 0.494 e. The minimum absolute atomic E-state index is 0.104. The third kappa shape index (κ3) is 6.87. The monoisotopic (exact) mass is 456 g/mol. The molecule has 9 heteroatoms. The average molecular weight is 457 g/mol. The quantitative estimate of drug-likeness (QED) is 0.432. The lowest BCUT2D eigenvalue weighted by atomic mass is 9.98. The number of nitrogens with zero attached hydrogens (tertiary/aromatic N) is 3. The lowest BCUT2D eigenvalue weighted by Crippen LogP contribution is -2.43. The predicted octanol–water partition coefficient (Wildman–Crippen LogP) is 2.75. The number of H-pyrrole nitrogens is 1. The van der Waals surface area contributed by atoms with Crippen LogP contribution in [0.2, 0.25) is 0 Å². The zero-order valence-electron chi connectivity index (χ0n) is 19.3. The highest BCUT2D eigenvalue weighted by Crippen LogP contribution is 2.20. The van der Waals surface area contributed by atoms with E-state index >= 15 is 0 Å². The van der Waals surface area contributed by atoms with Gasteiger partial charge in [0.05, 0.1) is 19.1 Å². The number of carbonyl (C=O) groups excluding carboxylic acids is 2. The molecule has 1 aliphatic heterocycles. The Morgan fingerprint density at radius 3 is 2.67 bits per heavy atom. The highest BCUT2D eigenvalue weighted by atomic mass is 16.5. The van der Waals surface area contributed by atoms with Gasteiger partial charge in [-0.1, -0.05) is 13.3 Å². The van der Waals surface area contributed by atoms with Crippen molar-refractivity contribution in [1.82, 2.24) is 20.1 Å². The van der Waals surface area contributed by atoms with Gasteiger partial charge in [0, 0.05) is 31.5 Å². The molecule has 0 unspecified atom stereocenters. The fourth-order valence-corrected chi connectivity index (χ4v) is 3.74. The van der Waals surface area contributed by atoms with Gasteiger partial charge in [0.25, 0.3) is 5.56 Å². The maximum atomic E-state index is 12.6. The van der Waals surface area contributed by atoms with Crippen LogP contribution in [0, 0.1) is 5.92 Å². The molecule has 2 heterocycles. The Balaban J connectivity index is 1.55. The molecule has 3 rings (SSSR count). The first-order valence-electron chi connectivity index (χ1n) is 11.6. The number of amides is 1. The molecule has 0 radical (unpaired) electrons. The van der Waals surface area contributed by atoms with E-state index in [2.05, 4.69) is 22.1 Å². The van der Waals surface area contributed by atoms with E-state index in [-0.39, 0.29) is 41.9 Å². The number of likely N-dealkylation sites (tertiary alicyclic amines) is 1. The van der Waals surface area contributed by atoms with Crippen molar-refractivity contribution in [2.24, 2.45) is 5.92 Å². The van der Waals surface area contributed by atoms with Gasteiger partial charge < -0.3 is 19.4 Å². The number of piperidine rings is 1. The van der Waals surface area contributed by atoms with E-state index in [1.807, 2.05) is 24.3 Å². The van der Waals surface area contributed by atoms with Gasteiger partial charge in [0.15, 0.2) is 5.82 Å². The van der Waals surface area contributed by atoms with Crippen LogP contribution in [0.1, 0.15) is 51.6 Å². The van der Waals surface area contributed by atoms with Crippen LogP contribution in [0.5, 0.6) is 5.75 Å². The number of carbonyl (C=O) groups is 2. The van der Waals surface area contributed by atoms with Crippen LogP contribution < -0.4 is 10.3 Å². The van der Waals surface area contributed by atoms with Crippen molar-refractivity contribution in [1.29, 1.82) is 0 Å². The van der Waals surface area contributed by atoms with E-state index in [9.17, 15) is 14.4 Å². The lowest BCUT2D eigenvalue weighted by Gasteiger charge is -2.31. The molecular weight excluding hydrogens is 424 g/mol. The summed E-state index contributed by atoms with van der Waals surface area (Å²) in [5, 5.41) is 8.18. The molecule has 2 aromatic rings. The third-order valence-corrected chi connectivity index (χ3v) is 5.63. The van der Waals surface area contributed by atoms with Crippen LogP contribution in [0.25, 0.3) is 11.4 Å². The summed E-state index contributed by atoms with van der Waals surface area (Å²) in [4.78, 5) is 41.5. The predicted molar refractivity (Wildman–Crippen MR) is 123 cm³/mol. The van der Waals surface area contributed by atoms with E-state index in [4.69, 9.17) is 9.47 Å². The van der Waals surface area contributed by atoms with Crippen molar-refractivity contribution >= 4 is 11.9 Å². The number of ether oxygens (including phenoxy) is 2. The molecule has 9 nitrogen and oxygen atoms in total. The van der Waals surface area contributed by atoms with E-state index in [1.54, 1.807) is 11.8 Å². The number of esters is 1. The second kappa shape index (κ2) is 12.1. The van der Waals surface area contributed by atoms with Crippen molar-refractivity contribution in [2.75, 3.05) is 26.3 Å². The molecule has 1 atom stereocenters. The van der Waals surface area contributed by atoms with Crippen LogP contribution in [0.4, 0.5) is 0 Å². The van der Waals surface area contributed by atoms with E-state index in [1.165, 1.54) is 0 Å². The maximum absolute atomic E-state index is 12.6. The molecule has 1 amide bonds. The van der Waals surface area contributed by atoms with E-state index in [0.29, 0.717) is 32.1 Å². The number of aryl methyl sites for hydroxylation is 1. The molecule has 1 aliphatic rings. The zero-order chi connectivity index (χ0) is 23.6. The van der Waals surface area contributed by atoms with Crippen LogP contribution in [0.15, 0.2) is 29.1 Å². The smallest absolute Gasteiger partial charge is 0.310 e. The Bertz CT molecular complexity index is 989. The molecule has 0 saturated carbocycles. The molecule has 1 aromatic carbocycles. The van der Waals surface area contributed by atoms with Crippen molar-refractivity contribution in [3.8, 4) is 17.1 Å². The van der Waals surface area contributed by atoms with Crippen LogP contribution >= 0.6 is 0 Å². The number of rotatable bonds is 10. The Hall–Kier alpha value is -3.23. The van der Waals surface area contributed by atoms with E-state index in [0.717, 1.165) is 37.0 Å². The topological polar surface area (TPSA) is 114 Å². The minimum Gasteiger partial charge on any atom is -0.494 e. The van der Waals surface area contributed by atoms with Crippen molar-refractivity contribution in [2.45, 2.75) is 52.4 Å². The number of aromatic amines is 1. The minimum atomic E-state index is -0.362. The summed E-state index contributed by atoms with van der Waals surface area (Å²) in [6.45, 7) is 5.84. The Morgan fingerprint density at radius 2 is 1.97 bits per heavy atom. The zero-order valence-corrected chi connectivity index (χ0v) is 19.3. The first-order valence-corrected chi connectivity index (χ1v) is 11.6. The first-order chi connectivity index (χ1) is 16.0. The van der Waals surface area contributed by atoms with E-state index < -0.39 is 0 Å². The van der Waals surface area contributed by atoms with Crippen LogP contribution in [-0.2, 0) is 20.7 Å². The molecule has 0 spiro atoms. The number of benzene rings is 1. The number of nitrogens with one attached hydrogen (secondary N) is 1. The second-order valence-corrected chi connectivity index (χ2v) is 8.11. The fourth-order valence-electron chi connectivity index (χ4n) is 3.74. The fraction of sp³-hybridized carbons (Fsp3) is 0.542. The van der Waals surface area contributed by atoms with Gasteiger partial charge in [-0.3, -0.25) is 14.4 Å². The second-order valence-electron chi connectivity index (χ2n) is 8.11. The maximum Gasteiger partial charge on any atom is 0.310 e. The lowest BCUT2D eigenvalue weighted by molar-refractivity contribution is -0.151. The number of hydrogen-bond donors (Lipinski definition) is 1. The van der Waals surface area contributed by atoms with Crippen LogP contribution in [0.3, 0.4) is 0 Å². The van der Waals surface area contributed by atoms with Gasteiger partial charge in [-0.05, 0) is 50.5 Å². The highest BCUT2D eigenvalue weighted by Gasteiger charge is 2.29. The Kier molecular flexibility index (Phi) is 8.97. The molecular formula is C24H32N4O5. The van der Waals surface area contributed by atoms with Crippen molar-refractivity contribution in [3.05, 3.63) is 40.3 Å². The molecule has 0 bridgehead atoms. The normalized spacial score (nSPS) is 15.8. The van der Waals surface area contributed by atoms with Gasteiger partial charge in [-0.15, -0.1) is 10.2 Å². The van der Waals surface area contributed by atoms with Gasteiger partial charge >= 0.3 is 5.97 Å². The Labute approximate surface area is 193 Å². The highest BCUT2D eigenvalue weighted by molar-refractivity contribution is 5.78. The molecule has 33 heavy (non-hydrogen) atoms. The summed E-state index contributed by atoms with van der Waals surface area (Å²) in [6, 6.07) is 7.31. The third-order valence-electron chi connectivity index (χ3n) is 5.63. The summed E-state index contributed by atoms with van der Waals surface area (Å²) in [7, 11) is 0. The van der Waals surface area contributed by atoms with Gasteiger partial charge in [0.1, 0.15) is 11.4 Å². The van der Waals surface area contributed by atoms with Gasteiger partial charge in [-0.25, -0.2) is 0 Å².